The normalized spacial score (nSPS) is 11.2. The van der Waals surface area contributed by atoms with Crippen LogP contribution in [0.1, 0.15) is 17.4 Å². The molecule has 0 saturated heterocycles. The monoisotopic (exact) mass is 287 g/mol. The summed E-state index contributed by atoms with van der Waals surface area (Å²) in [4.78, 5) is 12.8. The van der Waals surface area contributed by atoms with Crippen LogP contribution < -0.4 is 10.7 Å². The van der Waals surface area contributed by atoms with Gasteiger partial charge in [0.2, 0.25) is 0 Å². The molecule has 0 bridgehead atoms. The van der Waals surface area contributed by atoms with Crippen LogP contribution in [0.3, 0.4) is 0 Å². The van der Waals surface area contributed by atoms with E-state index in [2.05, 4.69) is 15.8 Å². The van der Waals surface area contributed by atoms with E-state index in [-0.39, 0.29) is 12.5 Å². The third kappa shape index (κ3) is 3.93. The minimum atomic E-state index is -0.163. The lowest BCUT2D eigenvalue weighted by atomic mass is 10.2. The number of hydrogen-bond donors (Lipinski definition) is 2. The summed E-state index contributed by atoms with van der Waals surface area (Å²) in [5.41, 5.74) is 5.43. The van der Waals surface area contributed by atoms with Crippen LogP contribution in [-0.2, 0) is 4.79 Å². The summed E-state index contributed by atoms with van der Waals surface area (Å²) in [6.07, 6.45) is 0. The zero-order chi connectivity index (χ0) is 14.4. The van der Waals surface area contributed by atoms with Gasteiger partial charge in [0.05, 0.1) is 12.3 Å². The van der Waals surface area contributed by atoms with Crippen LogP contribution in [0.15, 0.2) is 46.9 Å². The molecule has 1 aromatic carbocycles. The number of anilines is 1. The Labute approximate surface area is 122 Å². The maximum atomic E-state index is 11.7. The highest BCUT2D eigenvalue weighted by Gasteiger charge is 2.03. The molecular formula is C15H17N3OS. The number of benzene rings is 1. The van der Waals surface area contributed by atoms with E-state index >= 15 is 0 Å². The van der Waals surface area contributed by atoms with E-state index in [9.17, 15) is 4.79 Å². The largest absolute Gasteiger partial charge is 0.376 e. The highest BCUT2D eigenvalue weighted by molar-refractivity contribution is 7.12. The van der Waals surface area contributed by atoms with Gasteiger partial charge in [0.25, 0.3) is 5.91 Å². The van der Waals surface area contributed by atoms with Gasteiger partial charge in [0.15, 0.2) is 0 Å². The number of aryl methyl sites for hydroxylation is 1. The van der Waals surface area contributed by atoms with Gasteiger partial charge < -0.3 is 5.32 Å². The molecule has 5 heteroatoms. The Hall–Kier alpha value is -2.14. The average molecular weight is 287 g/mol. The number of hydrogen-bond acceptors (Lipinski definition) is 4. The highest BCUT2D eigenvalue weighted by Crippen LogP contribution is 2.12. The molecule has 0 saturated carbocycles. The summed E-state index contributed by atoms with van der Waals surface area (Å²) in [5.74, 6) is -0.163. The van der Waals surface area contributed by atoms with E-state index in [1.165, 1.54) is 0 Å². The summed E-state index contributed by atoms with van der Waals surface area (Å²) >= 11 is 1.60. The molecule has 1 amide bonds. The molecule has 4 nitrogen and oxygen atoms in total. The lowest BCUT2D eigenvalue weighted by molar-refractivity contribution is -0.119. The molecule has 1 heterocycles. The maximum Gasteiger partial charge on any atom is 0.259 e. The Morgan fingerprint density at radius 3 is 2.75 bits per heavy atom. The Balaban J connectivity index is 1.84. The Morgan fingerprint density at radius 1 is 1.25 bits per heavy atom. The first-order valence-electron chi connectivity index (χ1n) is 6.33. The van der Waals surface area contributed by atoms with Gasteiger partial charge in [-0.25, -0.2) is 5.43 Å². The van der Waals surface area contributed by atoms with Crippen LogP contribution in [0.2, 0.25) is 0 Å². The topological polar surface area (TPSA) is 53.5 Å². The van der Waals surface area contributed by atoms with Gasteiger partial charge in [0, 0.05) is 10.6 Å². The van der Waals surface area contributed by atoms with Crippen molar-refractivity contribution in [1.82, 2.24) is 5.43 Å². The molecule has 0 atom stereocenters. The van der Waals surface area contributed by atoms with Crippen molar-refractivity contribution < 1.29 is 4.79 Å². The fourth-order valence-corrected chi connectivity index (χ4v) is 2.35. The van der Waals surface area contributed by atoms with Gasteiger partial charge in [-0.1, -0.05) is 24.3 Å². The minimum Gasteiger partial charge on any atom is -0.376 e. The molecule has 2 aromatic rings. The Kier molecular flexibility index (Phi) is 4.90. The summed E-state index contributed by atoms with van der Waals surface area (Å²) in [6.45, 7) is 4.08. The van der Waals surface area contributed by atoms with Crippen molar-refractivity contribution in [3.05, 3.63) is 52.2 Å². The second-order valence-corrected chi connectivity index (χ2v) is 5.33. The number of nitrogens with zero attached hydrogens (tertiary/aromatic N) is 1. The van der Waals surface area contributed by atoms with Gasteiger partial charge in [-0.2, -0.15) is 5.10 Å². The van der Waals surface area contributed by atoms with Gasteiger partial charge in [-0.05, 0) is 36.9 Å². The van der Waals surface area contributed by atoms with Crippen molar-refractivity contribution in [1.29, 1.82) is 0 Å². The van der Waals surface area contributed by atoms with Crippen LogP contribution in [-0.4, -0.2) is 18.2 Å². The SMILES string of the molecule is C/C(=N/NC(=O)CNc1ccccc1C)c1cccs1. The van der Waals surface area contributed by atoms with Crippen molar-refractivity contribution in [2.45, 2.75) is 13.8 Å². The van der Waals surface area contributed by atoms with E-state index in [0.29, 0.717) is 0 Å². The van der Waals surface area contributed by atoms with E-state index < -0.39 is 0 Å². The number of thiophene rings is 1. The van der Waals surface area contributed by atoms with Crippen molar-refractivity contribution in [3.8, 4) is 0 Å². The zero-order valence-electron chi connectivity index (χ0n) is 11.5. The third-order valence-corrected chi connectivity index (χ3v) is 3.79. The van der Waals surface area contributed by atoms with Gasteiger partial charge in [-0.3, -0.25) is 4.79 Å². The standard InChI is InChI=1S/C15H17N3OS/c1-11-6-3-4-7-13(11)16-10-15(19)18-17-12(2)14-8-5-9-20-14/h3-9,16H,10H2,1-2H3,(H,18,19)/b17-12-. The number of nitrogens with one attached hydrogen (secondary N) is 2. The summed E-state index contributed by atoms with van der Waals surface area (Å²) in [6, 6.07) is 11.8. The number of carbonyl (C=O) groups is 1. The molecule has 0 radical (unpaired) electrons. The smallest absolute Gasteiger partial charge is 0.259 e. The van der Waals surface area contributed by atoms with Crippen molar-refractivity contribution in [2.24, 2.45) is 5.10 Å². The molecule has 20 heavy (non-hydrogen) atoms. The first-order chi connectivity index (χ1) is 9.66. The Morgan fingerprint density at radius 2 is 2.05 bits per heavy atom. The average Bonchev–Trinajstić information content (AvgIpc) is 2.98. The first-order valence-corrected chi connectivity index (χ1v) is 7.21. The number of rotatable bonds is 5. The summed E-state index contributed by atoms with van der Waals surface area (Å²) < 4.78 is 0. The van der Waals surface area contributed by atoms with Crippen LogP contribution in [0.4, 0.5) is 5.69 Å². The second-order valence-electron chi connectivity index (χ2n) is 4.38. The fourth-order valence-electron chi connectivity index (χ4n) is 1.67. The molecule has 0 aliphatic heterocycles. The second kappa shape index (κ2) is 6.86. The number of para-hydroxylation sites is 1. The van der Waals surface area contributed by atoms with E-state index in [1.807, 2.05) is 55.6 Å². The Bertz CT molecular complexity index is 605. The van der Waals surface area contributed by atoms with Crippen molar-refractivity contribution in [2.75, 3.05) is 11.9 Å². The molecule has 2 rings (SSSR count). The molecule has 0 spiro atoms. The molecule has 1 aromatic heterocycles. The van der Waals surface area contributed by atoms with Crippen LogP contribution in [0, 0.1) is 6.92 Å². The number of amides is 1. The van der Waals surface area contributed by atoms with Gasteiger partial charge in [-0.15, -0.1) is 11.3 Å². The molecule has 104 valence electrons. The predicted octanol–water partition coefficient (Wildman–Crippen LogP) is 3.01. The van der Waals surface area contributed by atoms with Crippen molar-refractivity contribution >= 4 is 28.6 Å². The lowest BCUT2D eigenvalue weighted by Gasteiger charge is -2.08. The molecular weight excluding hydrogens is 270 g/mol. The zero-order valence-corrected chi connectivity index (χ0v) is 12.3. The number of hydrazone groups is 1. The van der Waals surface area contributed by atoms with E-state index in [4.69, 9.17) is 0 Å². The van der Waals surface area contributed by atoms with E-state index in [1.54, 1.807) is 11.3 Å². The molecule has 0 fully saturated rings. The summed E-state index contributed by atoms with van der Waals surface area (Å²) in [7, 11) is 0. The highest BCUT2D eigenvalue weighted by atomic mass is 32.1. The van der Waals surface area contributed by atoms with Gasteiger partial charge >= 0.3 is 0 Å². The maximum absolute atomic E-state index is 11.7. The molecule has 0 aliphatic carbocycles. The van der Waals surface area contributed by atoms with Crippen LogP contribution in [0.5, 0.6) is 0 Å². The molecule has 0 aliphatic rings. The van der Waals surface area contributed by atoms with Crippen LogP contribution in [0.25, 0.3) is 0 Å². The van der Waals surface area contributed by atoms with Gasteiger partial charge in [0.1, 0.15) is 0 Å². The first kappa shape index (κ1) is 14.3. The lowest BCUT2D eigenvalue weighted by Crippen LogP contribution is -2.26. The van der Waals surface area contributed by atoms with Crippen molar-refractivity contribution in [3.63, 3.8) is 0 Å². The third-order valence-electron chi connectivity index (χ3n) is 2.81. The number of carbonyl (C=O) groups excluding carboxylic acids is 1. The predicted molar refractivity (Wildman–Crippen MR) is 84.3 cm³/mol. The summed E-state index contributed by atoms with van der Waals surface area (Å²) in [5, 5.41) is 9.16. The molecule has 2 N–H and O–H groups in total. The fraction of sp³-hybridized carbons (Fsp3) is 0.200. The van der Waals surface area contributed by atoms with Crippen LogP contribution >= 0.6 is 11.3 Å². The minimum absolute atomic E-state index is 0.163. The van der Waals surface area contributed by atoms with E-state index in [0.717, 1.165) is 21.8 Å². The molecule has 0 unspecified atom stereocenters. The quantitative estimate of drug-likeness (QED) is 0.656.